The Kier molecular flexibility index (Phi) is 10.7. The summed E-state index contributed by atoms with van der Waals surface area (Å²) in [5, 5.41) is 0. The number of ether oxygens (including phenoxy) is 1. The highest BCUT2D eigenvalue weighted by atomic mass is 16.5. The lowest BCUT2D eigenvalue weighted by molar-refractivity contribution is -0.140. The highest BCUT2D eigenvalue weighted by molar-refractivity contribution is 5.37. The number of rotatable bonds is 13. The van der Waals surface area contributed by atoms with Crippen LogP contribution >= 0.6 is 0 Å². The number of likely N-dealkylation sites (tertiary alicyclic amines) is 1. The van der Waals surface area contributed by atoms with Crippen molar-refractivity contribution >= 4 is 6.47 Å². The molecule has 1 rings (SSSR count). The van der Waals surface area contributed by atoms with Gasteiger partial charge in [-0.3, -0.25) is 9.69 Å². The molecule has 1 aliphatic heterocycles. The normalized spacial score (nSPS) is 19.4. The maximum absolute atomic E-state index is 10.4. The summed E-state index contributed by atoms with van der Waals surface area (Å²) in [6.45, 7) is 5.05. The van der Waals surface area contributed by atoms with Crippen LogP contribution in [0.15, 0.2) is 0 Å². The Bertz CT molecular complexity index is 233. The summed E-state index contributed by atoms with van der Waals surface area (Å²) >= 11 is 0. The van der Waals surface area contributed by atoms with Gasteiger partial charge in [0.15, 0.2) is 6.23 Å². The highest BCUT2D eigenvalue weighted by Crippen LogP contribution is 2.18. The predicted molar refractivity (Wildman–Crippen MR) is 83.6 cm³/mol. The number of carbonyl (C=O) groups excluding carboxylic acids is 1. The summed E-state index contributed by atoms with van der Waals surface area (Å²) in [5.41, 5.74) is 0. The molecule has 0 bridgehead atoms. The van der Waals surface area contributed by atoms with Gasteiger partial charge in [-0.1, -0.05) is 64.7 Å². The van der Waals surface area contributed by atoms with Crippen molar-refractivity contribution in [2.75, 3.05) is 13.1 Å². The van der Waals surface area contributed by atoms with Gasteiger partial charge in [0.25, 0.3) is 6.47 Å². The molecule has 0 N–H and O–H groups in total. The van der Waals surface area contributed by atoms with E-state index in [1.54, 1.807) is 0 Å². The molecule has 1 saturated heterocycles. The summed E-state index contributed by atoms with van der Waals surface area (Å²) in [5.74, 6) is 0. The fraction of sp³-hybridized carbons (Fsp3) is 0.941. The van der Waals surface area contributed by atoms with E-state index in [-0.39, 0.29) is 6.23 Å². The van der Waals surface area contributed by atoms with E-state index >= 15 is 0 Å². The Balaban J connectivity index is 1.85. The highest BCUT2D eigenvalue weighted by Gasteiger charge is 2.24. The molecule has 0 aromatic rings. The lowest BCUT2D eigenvalue weighted by Crippen LogP contribution is -2.32. The number of unbranched alkanes of at least 4 members (excludes halogenated alkanes) is 9. The third-order valence-electron chi connectivity index (χ3n) is 4.32. The fourth-order valence-corrected chi connectivity index (χ4v) is 3.07. The monoisotopic (exact) mass is 283 g/mol. The average Bonchev–Trinajstić information content (AvgIpc) is 2.89. The molecule has 0 radical (unpaired) electrons. The Morgan fingerprint density at radius 3 is 2.20 bits per heavy atom. The molecule has 1 atom stereocenters. The molecule has 20 heavy (non-hydrogen) atoms. The zero-order valence-corrected chi connectivity index (χ0v) is 13.3. The Labute approximate surface area is 125 Å². The third kappa shape index (κ3) is 7.88. The van der Waals surface area contributed by atoms with Crippen molar-refractivity contribution in [1.29, 1.82) is 0 Å². The standard InChI is InChI=1S/C17H33NO2/c1-2-3-4-5-6-7-8-9-10-11-14-18-15-12-13-17(18)20-16-19/h16-17H,2-15H2,1H3. The van der Waals surface area contributed by atoms with Gasteiger partial charge < -0.3 is 4.74 Å². The van der Waals surface area contributed by atoms with E-state index in [0.717, 1.165) is 25.9 Å². The largest absolute Gasteiger partial charge is 0.449 e. The van der Waals surface area contributed by atoms with E-state index in [4.69, 9.17) is 4.74 Å². The van der Waals surface area contributed by atoms with E-state index in [0.29, 0.717) is 6.47 Å². The van der Waals surface area contributed by atoms with E-state index in [9.17, 15) is 4.79 Å². The first-order valence-corrected chi connectivity index (χ1v) is 8.71. The molecule has 0 aromatic carbocycles. The van der Waals surface area contributed by atoms with Crippen LogP contribution in [-0.4, -0.2) is 30.7 Å². The minimum Gasteiger partial charge on any atom is -0.449 e. The number of nitrogens with zero attached hydrogens (tertiary/aromatic N) is 1. The molecule has 0 amide bonds. The van der Waals surface area contributed by atoms with Crippen LogP contribution in [0.1, 0.15) is 84.0 Å². The van der Waals surface area contributed by atoms with E-state index in [1.165, 1.54) is 64.2 Å². The van der Waals surface area contributed by atoms with Crippen molar-refractivity contribution in [3.63, 3.8) is 0 Å². The Hall–Kier alpha value is -0.570. The zero-order valence-electron chi connectivity index (χ0n) is 13.3. The summed E-state index contributed by atoms with van der Waals surface area (Å²) in [6, 6.07) is 0. The van der Waals surface area contributed by atoms with Crippen molar-refractivity contribution in [1.82, 2.24) is 4.90 Å². The minimum absolute atomic E-state index is 0.0612. The number of hydrogen-bond acceptors (Lipinski definition) is 3. The molecule has 1 aliphatic rings. The summed E-state index contributed by atoms with van der Waals surface area (Å²) in [4.78, 5) is 12.7. The maximum atomic E-state index is 10.4. The van der Waals surface area contributed by atoms with Crippen LogP contribution in [0.3, 0.4) is 0 Å². The van der Waals surface area contributed by atoms with Crippen LogP contribution < -0.4 is 0 Å². The third-order valence-corrected chi connectivity index (χ3v) is 4.32. The molecule has 1 fully saturated rings. The molecule has 1 unspecified atom stereocenters. The smallest absolute Gasteiger partial charge is 0.294 e. The van der Waals surface area contributed by atoms with Gasteiger partial charge in [-0.15, -0.1) is 0 Å². The summed E-state index contributed by atoms with van der Waals surface area (Å²) < 4.78 is 5.10. The first-order chi connectivity index (χ1) is 9.88. The van der Waals surface area contributed by atoms with Gasteiger partial charge >= 0.3 is 0 Å². The number of carbonyl (C=O) groups is 1. The molecule has 1 heterocycles. The maximum Gasteiger partial charge on any atom is 0.294 e. The second-order valence-electron chi connectivity index (χ2n) is 6.05. The fourth-order valence-electron chi connectivity index (χ4n) is 3.07. The van der Waals surface area contributed by atoms with E-state index < -0.39 is 0 Å². The van der Waals surface area contributed by atoms with Gasteiger partial charge in [0.2, 0.25) is 0 Å². The predicted octanol–water partition coefficient (Wildman–Crippen LogP) is 4.50. The van der Waals surface area contributed by atoms with Crippen molar-refractivity contribution in [3.05, 3.63) is 0 Å². The van der Waals surface area contributed by atoms with Crippen LogP contribution in [0.25, 0.3) is 0 Å². The van der Waals surface area contributed by atoms with Gasteiger partial charge in [-0.25, -0.2) is 0 Å². The van der Waals surface area contributed by atoms with Crippen LogP contribution in [0.5, 0.6) is 0 Å². The topological polar surface area (TPSA) is 29.5 Å². The molecular formula is C17H33NO2. The van der Waals surface area contributed by atoms with Gasteiger partial charge in [-0.05, 0) is 19.3 Å². The van der Waals surface area contributed by atoms with Gasteiger partial charge in [0.1, 0.15) is 0 Å². The Morgan fingerprint density at radius 1 is 1.00 bits per heavy atom. The first-order valence-electron chi connectivity index (χ1n) is 8.71. The first kappa shape index (κ1) is 17.5. The molecule has 0 aromatic heterocycles. The SMILES string of the molecule is CCCCCCCCCCCCN1CCCC1OC=O. The molecular weight excluding hydrogens is 250 g/mol. The summed E-state index contributed by atoms with van der Waals surface area (Å²) in [7, 11) is 0. The van der Waals surface area contributed by atoms with Gasteiger partial charge in [0, 0.05) is 13.1 Å². The van der Waals surface area contributed by atoms with Gasteiger partial charge in [0.05, 0.1) is 0 Å². The van der Waals surface area contributed by atoms with Crippen LogP contribution in [0.2, 0.25) is 0 Å². The van der Waals surface area contributed by atoms with E-state index in [2.05, 4.69) is 11.8 Å². The van der Waals surface area contributed by atoms with Gasteiger partial charge in [-0.2, -0.15) is 0 Å². The lowest BCUT2D eigenvalue weighted by atomic mass is 10.1. The molecule has 0 saturated carbocycles. The molecule has 3 nitrogen and oxygen atoms in total. The number of hydrogen-bond donors (Lipinski definition) is 0. The van der Waals surface area contributed by atoms with Crippen molar-refractivity contribution < 1.29 is 9.53 Å². The van der Waals surface area contributed by atoms with Crippen LogP contribution in [-0.2, 0) is 9.53 Å². The molecule has 3 heteroatoms. The average molecular weight is 283 g/mol. The van der Waals surface area contributed by atoms with Crippen molar-refractivity contribution in [3.8, 4) is 0 Å². The quantitative estimate of drug-likeness (QED) is 0.368. The van der Waals surface area contributed by atoms with Crippen molar-refractivity contribution in [2.45, 2.75) is 90.2 Å². The van der Waals surface area contributed by atoms with Crippen LogP contribution in [0.4, 0.5) is 0 Å². The van der Waals surface area contributed by atoms with E-state index in [1.807, 2.05) is 0 Å². The second-order valence-corrected chi connectivity index (χ2v) is 6.05. The van der Waals surface area contributed by atoms with Crippen LogP contribution in [0, 0.1) is 0 Å². The lowest BCUT2D eigenvalue weighted by Gasteiger charge is -2.22. The minimum atomic E-state index is 0.0612. The second kappa shape index (κ2) is 12.2. The molecule has 0 spiro atoms. The molecule has 118 valence electrons. The summed E-state index contributed by atoms with van der Waals surface area (Å²) in [6.07, 6.45) is 16.0. The molecule has 0 aliphatic carbocycles. The zero-order chi connectivity index (χ0) is 14.5. The van der Waals surface area contributed by atoms with Crippen molar-refractivity contribution in [2.24, 2.45) is 0 Å². The Morgan fingerprint density at radius 2 is 1.60 bits per heavy atom.